The standard InChI is InChI=1S/C20H27N3O3/c24-19(22-13-16-7-4-10-26-16)18-8-3-9-23(18)20(25)17-11-14-5-1-2-6-15(14)12-21-17/h1-2,5-6,16-18,21H,3-4,7-13H2,(H,22,24). The van der Waals surface area contributed by atoms with Crippen LogP contribution in [0.15, 0.2) is 24.3 Å². The molecule has 26 heavy (non-hydrogen) atoms. The van der Waals surface area contributed by atoms with Gasteiger partial charge in [-0.25, -0.2) is 0 Å². The molecule has 6 nitrogen and oxygen atoms in total. The summed E-state index contributed by atoms with van der Waals surface area (Å²) in [6, 6.07) is 7.65. The summed E-state index contributed by atoms with van der Waals surface area (Å²) < 4.78 is 5.56. The van der Waals surface area contributed by atoms with Crippen molar-refractivity contribution in [3.63, 3.8) is 0 Å². The van der Waals surface area contributed by atoms with Gasteiger partial charge in [-0.2, -0.15) is 0 Å². The van der Waals surface area contributed by atoms with Crippen molar-refractivity contribution in [2.45, 2.75) is 56.8 Å². The van der Waals surface area contributed by atoms with Crippen molar-refractivity contribution in [1.29, 1.82) is 0 Å². The molecule has 3 aliphatic rings. The lowest BCUT2D eigenvalue weighted by Gasteiger charge is -2.31. The lowest BCUT2D eigenvalue weighted by Crippen LogP contribution is -2.54. The number of rotatable bonds is 4. The van der Waals surface area contributed by atoms with Crippen molar-refractivity contribution in [1.82, 2.24) is 15.5 Å². The van der Waals surface area contributed by atoms with Crippen molar-refractivity contribution >= 4 is 11.8 Å². The van der Waals surface area contributed by atoms with E-state index < -0.39 is 0 Å². The molecular formula is C20H27N3O3. The van der Waals surface area contributed by atoms with Crippen LogP contribution in [-0.2, 0) is 27.3 Å². The average molecular weight is 357 g/mol. The summed E-state index contributed by atoms with van der Waals surface area (Å²) in [7, 11) is 0. The second-order valence-electron chi connectivity index (χ2n) is 7.48. The van der Waals surface area contributed by atoms with E-state index in [1.54, 1.807) is 4.90 Å². The van der Waals surface area contributed by atoms with Gasteiger partial charge in [0, 0.05) is 26.2 Å². The molecule has 1 aromatic carbocycles. The topological polar surface area (TPSA) is 70.7 Å². The molecule has 6 heteroatoms. The maximum Gasteiger partial charge on any atom is 0.242 e. The van der Waals surface area contributed by atoms with E-state index in [2.05, 4.69) is 22.8 Å². The van der Waals surface area contributed by atoms with E-state index in [0.29, 0.717) is 26.1 Å². The zero-order chi connectivity index (χ0) is 17.9. The highest BCUT2D eigenvalue weighted by molar-refractivity contribution is 5.90. The van der Waals surface area contributed by atoms with E-state index >= 15 is 0 Å². The number of fused-ring (bicyclic) bond motifs is 1. The number of ether oxygens (including phenoxy) is 1. The molecule has 0 spiro atoms. The molecule has 1 aromatic rings. The minimum absolute atomic E-state index is 0.0393. The van der Waals surface area contributed by atoms with Crippen LogP contribution >= 0.6 is 0 Å². The van der Waals surface area contributed by atoms with Crippen LogP contribution in [0.3, 0.4) is 0 Å². The van der Waals surface area contributed by atoms with Gasteiger partial charge >= 0.3 is 0 Å². The first-order valence-corrected chi connectivity index (χ1v) is 9.72. The number of amides is 2. The Morgan fingerprint density at radius 2 is 2.04 bits per heavy atom. The van der Waals surface area contributed by atoms with E-state index in [0.717, 1.165) is 32.3 Å². The monoisotopic (exact) mass is 357 g/mol. The molecule has 2 N–H and O–H groups in total. The van der Waals surface area contributed by atoms with Crippen LogP contribution in [0.25, 0.3) is 0 Å². The van der Waals surface area contributed by atoms with Gasteiger partial charge < -0.3 is 20.3 Å². The predicted molar refractivity (Wildman–Crippen MR) is 97.5 cm³/mol. The number of nitrogens with one attached hydrogen (secondary N) is 2. The zero-order valence-corrected chi connectivity index (χ0v) is 15.1. The highest BCUT2D eigenvalue weighted by atomic mass is 16.5. The molecule has 140 valence electrons. The second kappa shape index (κ2) is 7.76. The smallest absolute Gasteiger partial charge is 0.242 e. The first-order chi connectivity index (χ1) is 12.7. The Balaban J connectivity index is 1.36. The molecule has 2 saturated heterocycles. The first-order valence-electron chi connectivity index (χ1n) is 9.72. The molecule has 2 amide bonds. The van der Waals surface area contributed by atoms with Crippen LogP contribution in [0.5, 0.6) is 0 Å². The van der Waals surface area contributed by atoms with Gasteiger partial charge in [-0.15, -0.1) is 0 Å². The van der Waals surface area contributed by atoms with Gasteiger partial charge in [0.15, 0.2) is 0 Å². The minimum Gasteiger partial charge on any atom is -0.376 e. The predicted octanol–water partition coefficient (Wildman–Crippen LogP) is 0.987. The van der Waals surface area contributed by atoms with Crippen LogP contribution in [0, 0.1) is 0 Å². The maximum atomic E-state index is 13.0. The van der Waals surface area contributed by atoms with Gasteiger partial charge in [0.05, 0.1) is 12.1 Å². The number of hydrogen-bond acceptors (Lipinski definition) is 4. The van der Waals surface area contributed by atoms with Crippen LogP contribution < -0.4 is 10.6 Å². The van der Waals surface area contributed by atoms with Gasteiger partial charge in [-0.1, -0.05) is 24.3 Å². The van der Waals surface area contributed by atoms with E-state index in [9.17, 15) is 9.59 Å². The third kappa shape index (κ3) is 3.62. The van der Waals surface area contributed by atoms with Gasteiger partial charge in [-0.3, -0.25) is 9.59 Å². The highest BCUT2D eigenvalue weighted by Crippen LogP contribution is 2.23. The van der Waals surface area contributed by atoms with Crippen LogP contribution in [0.1, 0.15) is 36.8 Å². The summed E-state index contributed by atoms with van der Waals surface area (Å²) in [6.07, 6.45) is 4.50. The van der Waals surface area contributed by atoms with Crippen molar-refractivity contribution in [3.05, 3.63) is 35.4 Å². The summed E-state index contributed by atoms with van der Waals surface area (Å²) in [5.41, 5.74) is 2.48. The third-order valence-corrected chi connectivity index (χ3v) is 5.75. The fraction of sp³-hybridized carbons (Fsp3) is 0.600. The number of nitrogens with zero attached hydrogens (tertiary/aromatic N) is 1. The summed E-state index contributed by atoms with van der Waals surface area (Å²) in [5, 5.41) is 6.34. The van der Waals surface area contributed by atoms with E-state index in [1.165, 1.54) is 11.1 Å². The molecule has 3 unspecified atom stereocenters. The number of likely N-dealkylation sites (tertiary alicyclic amines) is 1. The summed E-state index contributed by atoms with van der Waals surface area (Å²) >= 11 is 0. The average Bonchev–Trinajstić information content (AvgIpc) is 3.37. The van der Waals surface area contributed by atoms with Crippen molar-refractivity contribution < 1.29 is 14.3 Å². The number of benzene rings is 1. The van der Waals surface area contributed by atoms with Gasteiger partial charge in [0.1, 0.15) is 6.04 Å². The van der Waals surface area contributed by atoms with Crippen molar-refractivity contribution in [2.75, 3.05) is 19.7 Å². The quantitative estimate of drug-likeness (QED) is 0.843. The van der Waals surface area contributed by atoms with Crippen molar-refractivity contribution in [2.24, 2.45) is 0 Å². The summed E-state index contributed by atoms with van der Waals surface area (Å²) in [4.78, 5) is 27.4. The van der Waals surface area contributed by atoms with Gasteiger partial charge in [0.2, 0.25) is 11.8 Å². The van der Waals surface area contributed by atoms with Crippen LogP contribution in [-0.4, -0.2) is 54.6 Å². The molecular weight excluding hydrogens is 330 g/mol. The molecule has 0 bridgehead atoms. The zero-order valence-electron chi connectivity index (χ0n) is 15.1. The third-order valence-electron chi connectivity index (χ3n) is 5.75. The Labute approximate surface area is 154 Å². The van der Waals surface area contributed by atoms with Crippen molar-refractivity contribution in [3.8, 4) is 0 Å². The molecule has 4 rings (SSSR count). The molecule has 2 fully saturated rings. The Morgan fingerprint density at radius 3 is 2.85 bits per heavy atom. The Morgan fingerprint density at radius 1 is 1.19 bits per heavy atom. The van der Waals surface area contributed by atoms with Gasteiger partial charge in [-0.05, 0) is 43.2 Å². The molecule has 3 aliphatic heterocycles. The molecule has 0 radical (unpaired) electrons. The molecule has 0 saturated carbocycles. The second-order valence-corrected chi connectivity index (χ2v) is 7.48. The van der Waals surface area contributed by atoms with Crippen LogP contribution in [0.4, 0.5) is 0 Å². The summed E-state index contributed by atoms with van der Waals surface area (Å²) in [5.74, 6) is 0.0110. The molecule has 0 aromatic heterocycles. The Bertz CT molecular complexity index is 672. The fourth-order valence-corrected chi connectivity index (χ4v) is 4.27. The largest absolute Gasteiger partial charge is 0.376 e. The fourth-order valence-electron chi connectivity index (χ4n) is 4.27. The molecule has 3 atom stereocenters. The molecule has 0 aliphatic carbocycles. The highest BCUT2D eigenvalue weighted by Gasteiger charge is 2.38. The maximum absolute atomic E-state index is 13.0. The Hall–Kier alpha value is -1.92. The lowest BCUT2D eigenvalue weighted by atomic mass is 9.95. The lowest BCUT2D eigenvalue weighted by molar-refractivity contribution is -0.140. The first kappa shape index (κ1) is 17.5. The van der Waals surface area contributed by atoms with E-state index in [4.69, 9.17) is 4.74 Å². The van der Waals surface area contributed by atoms with E-state index in [1.807, 2.05) is 12.1 Å². The number of carbonyl (C=O) groups is 2. The van der Waals surface area contributed by atoms with E-state index in [-0.39, 0.29) is 30.0 Å². The number of hydrogen-bond donors (Lipinski definition) is 2. The number of carbonyl (C=O) groups excluding carboxylic acids is 2. The van der Waals surface area contributed by atoms with Crippen LogP contribution in [0.2, 0.25) is 0 Å². The van der Waals surface area contributed by atoms with Gasteiger partial charge in [0.25, 0.3) is 0 Å². The SMILES string of the molecule is O=C(NCC1CCCO1)C1CCCN1C(=O)C1Cc2ccccc2CN1. The normalized spacial score (nSPS) is 28.0. The Kier molecular flexibility index (Phi) is 5.22. The summed E-state index contributed by atoms with van der Waals surface area (Å²) in [6.45, 7) is 2.70. The minimum atomic E-state index is -0.345. The molecule has 3 heterocycles.